The van der Waals surface area contributed by atoms with Crippen LogP contribution in [0, 0.1) is 17.0 Å². The van der Waals surface area contributed by atoms with Gasteiger partial charge < -0.3 is 4.52 Å². The molecule has 0 aliphatic rings. The molecular formula is C10H8ClN3O3. The zero-order valence-corrected chi connectivity index (χ0v) is 9.64. The lowest BCUT2D eigenvalue weighted by atomic mass is 10.1. The number of aromatic nitrogens is 2. The summed E-state index contributed by atoms with van der Waals surface area (Å²) >= 11 is 5.54. The third kappa shape index (κ3) is 2.12. The molecule has 0 aliphatic heterocycles. The van der Waals surface area contributed by atoms with Gasteiger partial charge in [0.2, 0.25) is 0 Å². The number of nitrogens with zero attached hydrogens (tertiary/aromatic N) is 3. The van der Waals surface area contributed by atoms with E-state index in [4.69, 9.17) is 16.1 Å². The van der Waals surface area contributed by atoms with Crippen LogP contribution >= 0.6 is 11.6 Å². The Morgan fingerprint density at radius 1 is 1.53 bits per heavy atom. The number of nitro groups is 1. The van der Waals surface area contributed by atoms with Crippen LogP contribution in [0.4, 0.5) is 5.69 Å². The molecule has 0 unspecified atom stereocenters. The SMILES string of the molecule is Cc1cccc(-c2nc(CCl)no2)c1[N+](=O)[O-]. The maximum atomic E-state index is 11.0. The summed E-state index contributed by atoms with van der Waals surface area (Å²) in [4.78, 5) is 14.5. The van der Waals surface area contributed by atoms with Crippen LogP contribution in [0.1, 0.15) is 11.4 Å². The van der Waals surface area contributed by atoms with Gasteiger partial charge in [0, 0.05) is 5.56 Å². The average Bonchev–Trinajstić information content (AvgIpc) is 2.76. The van der Waals surface area contributed by atoms with Crippen molar-refractivity contribution in [2.45, 2.75) is 12.8 Å². The molecule has 0 spiro atoms. The van der Waals surface area contributed by atoms with E-state index in [2.05, 4.69) is 10.1 Å². The number of alkyl halides is 1. The van der Waals surface area contributed by atoms with Crippen molar-refractivity contribution in [2.24, 2.45) is 0 Å². The predicted molar refractivity (Wildman–Crippen MR) is 60.7 cm³/mol. The molecule has 2 rings (SSSR count). The normalized spacial score (nSPS) is 10.5. The summed E-state index contributed by atoms with van der Waals surface area (Å²) < 4.78 is 4.94. The van der Waals surface area contributed by atoms with Gasteiger partial charge in [0.25, 0.3) is 11.6 Å². The van der Waals surface area contributed by atoms with Crippen LogP contribution in [0.5, 0.6) is 0 Å². The molecule has 1 aromatic carbocycles. The van der Waals surface area contributed by atoms with Crippen LogP contribution in [0.3, 0.4) is 0 Å². The number of aryl methyl sites for hydroxylation is 1. The molecule has 6 nitrogen and oxygen atoms in total. The molecule has 17 heavy (non-hydrogen) atoms. The highest BCUT2D eigenvalue weighted by Gasteiger charge is 2.22. The summed E-state index contributed by atoms with van der Waals surface area (Å²) in [5.74, 6) is 0.511. The van der Waals surface area contributed by atoms with E-state index in [1.807, 2.05) is 0 Å². The van der Waals surface area contributed by atoms with Crippen LogP contribution in [0.2, 0.25) is 0 Å². The van der Waals surface area contributed by atoms with Crippen molar-refractivity contribution in [3.05, 3.63) is 39.7 Å². The second-order valence-corrected chi connectivity index (χ2v) is 3.64. The van der Waals surface area contributed by atoms with E-state index in [0.29, 0.717) is 17.0 Å². The summed E-state index contributed by atoms with van der Waals surface area (Å²) in [7, 11) is 0. The van der Waals surface area contributed by atoms with Crippen LogP contribution in [0.25, 0.3) is 11.5 Å². The Morgan fingerprint density at radius 3 is 2.88 bits per heavy atom. The Hall–Kier alpha value is -1.95. The van der Waals surface area contributed by atoms with E-state index in [-0.39, 0.29) is 17.5 Å². The first-order valence-electron chi connectivity index (χ1n) is 4.76. The van der Waals surface area contributed by atoms with E-state index in [1.54, 1.807) is 25.1 Å². The fraction of sp³-hybridized carbons (Fsp3) is 0.200. The summed E-state index contributed by atoms with van der Waals surface area (Å²) in [6.07, 6.45) is 0. The maximum Gasteiger partial charge on any atom is 0.285 e. The number of halogens is 1. The van der Waals surface area contributed by atoms with E-state index in [9.17, 15) is 10.1 Å². The van der Waals surface area contributed by atoms with Crippen molar-refractivity contribution in [1.82, 2.24) is 10.1 Å². The first kappa shape index (κ1) is 11.5. The first-order chi connectivity index (χ1) is 8.13. The van der Waals surface area contributed by atoms with E-state index < -0.39 is 4.92 Å². The van der Waals surface area contributed by atoms with Gasteiger partial charge in [-0.3, -0.25) is 10.1 Å². The van der Waals surface area contributed by atoms with Crippen molar-refractivity contribution >= 4 is 17.3 Å². The van der Waals surface area contributed by atoms with Gasteiger partial charge in [-0.2, -0.15) is 4.98 Å². The summed E-state index contributed by atoms with van der Waals surface area (Å²) in [5.41, 5.74) is 0.814. The lowest BCUT2D eigenvalue weighted by Crippen LogP contribution is -1.95. The Labute approximate surface area is 101 Å². The largest absolute Gasteiger partial charge is 0.334 e. The first-order valence-corrected chi connectivity index (χ1v) is 5.30. The van der Waals surface area contributed by atoms with Gasteiger partial charge in [0.1, 0.15) is 5.56 Å². The minimum absolute atomic E-state index is 0.0303. The average molecular weight is 254 g/mol. The molecule has 1 aromatic heterocycles. The lowest BCUT2D eigenvalue weighted by Gasteiger charge is -2.00. The minimum Gasteiger partial charge on any atom is -0.334 e. The molecule has 88 valence electrons. The highest BCUT2D eigenvalue weighted by molar-refractivity contribution is 6.16. The number of para-hydroxylation sites is 1. The number of nitro benzene ring substituents is 1. The number of hydrogen-bond donors (Lipinski definition) is 0. The monoisotopic (exact) mass is 253 g/mol. The van der Waals surface area contributed by atoms with E-state index in [1.165, 1.54) is 0 Å². The zero-order valence-electron chi connectivity index (χ0n) is 8.88. The molecule has 0 bridgehead atoms. The van der Waals surface area contributed by atoms with Gasteiger partial charge in [0.15, 0.2) is 5.82 Å². The molecule has 0 atom stereocenters. The number of rotatable bonds is 3. The smallest absolute Gasteiger partial charge is 0.285 e. The predicted octanol–water partition coefficient (Wildman–Crippen LogP) is 2.69. The molecule has 0 N–H and O–H groups in total. The summed E-state index contributed by atoms with van der Waals surface area (Å²) in [6, 6.07) is 4.92. The molecule has 2 aromatic rings. The Kier molecular flexibility index (Phi) is 3.06. The standard InChI is InChI=1S/C10H8ClN3O3/c1-6-3-2-4-7(9(6)14(15)16)10-12-8(5-11)13-17-10/h2-4H,5H2,1H3. The minimum atomic E-state index is -0.463. The highest BCUT2D eigenvalue weighted by Crippen LogP contribution is 2.31. The van der Waals surface area contributed by atoms with Crippen molar-refractivity contribution in [3.8, 4) is 11.5 Å². The van der Waals surface area contributed by atoms with Gasteiger partial charge in [-0.1, -0.05) is 17.3 Å². The topological polar surface area (TPSA) is 82.1 Å². The Bertz CT molecular complexity index is 568. The fourth-order valence-corrected chi connectivity index (χ4v) is 1.60. The van der Waals surface area contributed by atoms with Gasteiger partial charge in [-0.25, -0.2) is 0 Å². The van der Waals surface area contributed by atoms with Gasteiger partial charge in [-0.05, 0) is 13.0 Å². The quantitative estimate of drug-likeness (QED) is 0.477. The molecule has 0 saturated heterocycles. The molecule has 7 heteroatoms. The highest BCUT2D eigenvalue weighted by atomic mass is 35.5. The molecule has 0 aliphatic carbocycles. The van der Waals surface area contributed by atoms with Gasteiger partial charge in [-0.15, -0.1) is 11.6 Å². The molecular weight excluding hydrogens is 246 g/mol. The van der Waals surface area contributed by atoms with Crippen LogP contribution < -0.4 is 0 Å². The molecule has 0 saturated carbocycles. The third-order valence-corrected chi connectivity index (χ3v) is 2.48. The molecule has 0 fully saturated rings. The third-order valence-electron chi connectivity index (χ3n) is 2.24. The molecule has 0 radical (unpaired) electrons. The lowest BCUT2D eigenvalue weighted by molar-refractivity contribution is -0.384. The Morgan fingerprint density at radius 2 is 2.29 bits per heavy atom. The molecule has 1 heterocycles. The van der Waals surface area contributed by atoms with E-state index >= 15 is 0 Å². The van der Waals surface area contributed by atoms with Gasteiger partial charge >= 0.3 is 0 Å². The zero-order chi connectivity index (χ0) is 12.4. The van der Waals surface area contributed by atoms with Crippen LogP contribution in [0.15, 0.2) is 22.7 Å². The van der Waals surface area contributed by atoms with Crippen molar-refractivity contribution in [3.63, 3.8) is 0 Å². The fourth-order valence-electron chi connectivity index (χ4n) is 1.49. The maximum absolute atomic E-state index is 11.0. The second kappa shape index (κ2) is 4.50. The Balaban J connectivity index is 2.58. The second-order valence-electron chi connectivity index (χ2n) is 3.38. The summed E-state index contributed by atoms with van der Waals surface area (Å²) in [6.45, 7) is 1.65. The summed E-state index contributed by atoms with van der Waals surface area (Å²) in [5, 5.41) is 14.6. The number of benzene rings is 1. The van der Waals surface area contributed by atoms with Crippen molar-refractivity contribution in [1.29, 1.82) is 0 Å². The van der Waals surface area contributed by atoms with Gasteiger partial charge in [0.05, 0.1) is 10.8 Å². The van der Waals surface area contributed by atoms with Crippen molar-refractivity contribution < 1.29 is 9.45 Å². The van der Waals surface area contributed by atoms with E-state index in [0.717, 1.165) is 0 Å². The van der Waals surface area contributed by atoms with Crippen LogP contribution in [-0.4, -0.2) is 15.1 Å². The number of hydrogen-bond acceptors (Lipinski definition) is 5. The van der Waals surface area contributed by atoms with Crippen LogP contribution in [-0.2, 0) is 5.88 Å². The molecule has 0 amide bonds. The van der Waals surface area contributed by atoms with Crippen molar-refractivity contribution in [2.75, 3.05) is 0 Å².